The number of urea groups is 1. The largest absolute Gasteiger partial charge is 0.481 e. The average Bonchev–Trinajstić information content (AvgIpc) is 2.28. The minimum atomic E-state index is -0.817. The molecular weight excluding hydrogens is 220 g/mol. The topological polar surface area (TPSA) is 60.9 Å². The van der Waals surface area contributed by atoms with E-state index < -0.39 is 5.97 Å². The summed E-state index contributed by atoms with van der Waals surface area (Å²) in [7, 11) is 1.72. The van der Waals surface area contributed by atoms with Crippen molar-refractivity contribution in [3.05, 3.63) is 11.6 Å². The lowest BCUT2D eigenvalue weighted by molar-refractivity contribution is -0.137. The van der Waals surface area contributed by atoms with E-state index in [1.807, 2.05) is 0 Å². The van der Waals surface area contributed by atoms with Crippen molar-refractivity contribution in [3.8, 4) is 0 Å². The molecule has 17 heavy (non-hydrogen) atoms. The molecule has 0 bridgehead atoms. The van der Waals surface area contributed by atoms with Crippen molar-refractivity contribution < 1.29 is 14.7 Å². The third kappa shape index (κ3) is 4.46. The van der Waals surface area contributed by atoms with Gasteiger partial charge in [-0.15, -0.1) is 0 Å². The molecule has 96 valence electrons. The molecule has 5 nitrogen and oxygen atoms in total. The van der Waals surface area contributed by atoms with E-state index in [0.29, 0.717) is 19.5 Å². The number of hydrogen-bond donors (Lipinski definition) is 1. The zero-order valence-electron chi connectivity index (χ0n) is 10.5. The van der Waals surface area contributed by atoms with Crippen molar-refractivity contribution >= 4 is 12.0 Å². The molecule has 1 N–H and O–H groups in total. The number of rotatable bonds is 4. The predicted molar refractivity (Wildman–Crippen MR) is 64.8 cm³/mol. The summed E-state index contributed by atoms with van der Waals surface area (Å²) >= 11 is 0. The Kier molecular flexibility index (Phi) is 5.00. The summed E-state index contributed by atoms with van der Waals surface area (Å²) in [6, 6.07) is -0.0147. The van der Waals surface area contributed by atoms with E-state index in [-0.39, 0.29) is 12.5 Å². The zero-order valence-corrected chi connectivity index (χ0v) is 10.5. The predicted octanol–water partition coefficient (Wildman–Crippen LogP) is 1.55. The molecule has 0 fully saturated rings. The van der Waals surface area contributed by atoms with Crippen molar-refractivity contribution in [2.45, 2.75) is 26.2 Å². The standard InChI is InChI=1S/C12H20N2O3/c1-10-5-8-14(9-6-10)12(17)13(2)7-3-4-11(15)16/h5H,3-4,6-9H2,1-2H3,(H,15,16). The molecule has 0 spiro atoms. The van der Waals surface area contributed by atoms with Crippen LogP contribution >= 0.6 is 0 Å². The van der Waals surface area contributed by atoms with E-state index in [1.165, 1.54) is 5.57 Å². The van der Waals surface area contributed by atoms with E-state index in [4.69, 9.17) is 5.11 Å². The van der Waals surface area contributed by atoms with Gasteiger partial charge in [-0.05, 0) is 19.8 Å². The molecule has 0 atom stereocenters. The van der Waals surface area contributed by atoms with Crippen molar-refractivity contribution in [1.29, 1.82) is 0 Å². The Bertz CT molecular complexity index is 326. The van der Waals surface area contributed by atoms with Crippen LogP contribution in [0.3, 0.4) is 0 Å². The molecule has 1 aliphatic heterocycles. The van der Waals surface area contributed by atoms with Gasteiger partial charge in [0.1, 0.15) is 0 Å². The van der Waals surface area contributed by atoms with Crippen LogP contribution in [0.5, 0.6) is 0 Å². The summed E-state index contributed by atoms with van der Waals surface area (Å²) < 4.78 is 0. The highest BCUT2D eigenvalue weighted by atomic mass is 16.4. The summed E-state index contributed by atoms with van der Waals surface area (Å²) in [4.78, 5) is 25.7. The second-order valence-electron chi connectivity index (χ2n) is 4.45. The van der Waals surface area contributed by atoms with Crippen molar-refractivity contribution in [1.82, 2.24) is 9.80 Å². The van der Waals surface area contributed by atoms with Crippen LogP contribution in [0.1, 0.15) is 26.2 Å². The van der Waals surface area contributed by atoms with Crippen LogP contribution in [-0.2, 0) is 4.79 Å². The molecule has 0 aromatic heterocycles. The van der Waals surface area contributed by atoms with Crippen molar-refractivity contribution in [2.75, 3.05) is 26.7 Å². The Morgan fingerprint density at radius 2 is 2.24 bits per heavy atom. The molecule has 0 aliphatic carbocycles. The van der Waals surface area contributed by atoms with Gasteiger partial charge in [0.2, 0.25) is 0 Å². The molecule has 0 saturated carbocycles. The number of carboxylic acids is 1. The van der Waals surface area contributed by atoms with Gasteiger partial charge in [0, 0.05) is 33.1 Å². The van der Waals surface area contributed by atoms with Crippen LogP contribution in [0.4, 0.5) is 4.79 Å². The van der Waals surface area contributed by atoms with Crippen LogP contribution < -0.4 is 0 Å². The number of aliphatic carboxylic acids is 1. The highest BCUT2D eigenvalue weighted by molar-refractivity contribution is 5.74. The molecular formula is C12H20N2O3. The van der Waals surface area contributed by atoms with Gasteiger partial charge in [-0.25, -0.2) is 4.79 Å². The number of amides is 2. The van der Waals surface area contributed by atoms with E-state index in [0.717, 1.165) is 13.0 Å². The first-order valence-electron chi connectivity index (χ1n) is 5.88. The van der Waals surface area contributed by atoms with Crippen molar-refractivity contribution in [3.63, 3.8) is 0 Å². The fraction of sp³-hybridized carbons (Fsp3) is 0.667. The fourth-order valence-electron chi connectivity index (χ4n) is 1.75. The second kappa shape index (κ2) is 6.27. The fourth-order valence-corrected chi connectivity index (χ4v) is 1.75. The molecule has 0 radical (unpaired) electrons. The minimum absolute atomic E-state index is 0.0147. The van der Waals surface area contributed by atoms with Gasteiger partial charge >= 0.3 is 12.0 Å². The third-order valence-corrected chi connectivity index (χ3v) is 2.92. The average molecular weight is 240 g/mol. The van der Waals surface area contributed by atoms with Crippen LogP contribution in [-0.4, -0.2) is 53.6 Å². The molecule has 1 rings (SSSR count). The normalized spacial score (nSPS) is 15.4. The van der Waals surface area contributed by atoms with E-state index in [9.17, 15) is 9.59 Å². The molecule has 0 aromatic carbocycles. The summed E-state index contributed by atoms with van der Waals surface area (Å²) in [5.41, 5.74) is 1.32. The van der Waals surface area contributed by atoms with E-state index in [1.54, 1.807) is 16.8 Å². The lowest BCUT2D eigenvalue weighted by Gasteiger charge is -2.30. The van der Waals surface area contributed by atoms with Gasteiger partial charge in [0.15, 0.2) is 0 Å². The first kappa shape index (κ1) is 13.5. The highest BCUT2D eigenvalue weighted by Crippen LogP contribution is 2.11. The molecule has 0 aromatic rings. The quantitative estimate of drug-likeness (QED) is 0.758. The second-order valence-corrected chi connectivity index (χ2v) is 4.45. The number of carboxylic acid groups (broad SMARTS) is 1. The van der Waals surface area contributed by atoms with Gasteiger partial charge in [0.25, 0.3) is 0 Å². The lowest BCUT2D eigenvalue weighted by atomic mass is 10.1. The van der Waals surface area contributed by atoms with Gasteiger partial charge in [-0.1, -0.05) is 11.6 Å². The monoisotopic (exact) mass is 240 g/mol. The maximum absolute atomic E-state index is 12.0. The molecule has 5 heteroatoms. The molecule has 2 amide bonds. The number of hydrogen-bond acceptors (Lipinski definition) is 2. The molecule has 0 unspecified atom stereocenters. The van der Waals surface area contributed by atoms with Crippen LogP contribution in [0.15, 0.2) is 11.6 Å². The summed E-state index contributed by atoms with van der Waals surface area (Å²) in [6.45, 7) is 3.97. The van der Waals surface area contributed by atoms with Crippen molar-refractivity contribution in [2.24, 2.45) is 0 Å². The first-order valence-corrected chi connectivity index (χ1v) is 5.88. The SMILES string of the molecule is CC1=CCN(C(=O)N(C)CCCC(=O)O)CC1. The number of carbonyl (C=O) groups is 2. The summed E-state index contributed by atoms with van der Waals surface area (Å²) in [6.07, 6.45) is 3.60. The Labute approximate surface area is 102 Å². The Hall–Kier alpha value is -1.52. The lowest BCUT2D eigenvalue weighted by Crippen LogP contribution is -2.43. The molecule has 1 aliphatic rings. The maximum atomic E-state index is 12.0. The zero-order chi connectivity index (χ0) is 12.8. The minimum Gasteiger partial charge on any atom is -0.481 e. The third-order valence-electron chi connectivity index (χ3n) is 2.92. The van der Waals surface area contributed by atoms with Crippen LogP contribution in [0.2, 0.25) is 0 Å². The first-order chi connectivity index (χ1) is 8.00. The summed E-state index contributed by atoms with van der Waals surface area (Å²) in [5, 5.41) is 8.52. The number of nitrogens with zero attached hydrogens (tertiary/aromatic N) is 2. The summed E-state index contributed by atoms with van der Waals surface area (Å²) in [5.74, 6) is -0.817. The number of carbonyl (C=O) groups excluding carboxylic acids is 1. The maximum Gasteiger partial charge on any atom is 0.320 e. The Morgan fingerprint density at radius 3 is 2.76 bits per heavy atom. The highest BCUT2D eigenvalue weighted by Gasteiger charge is 2.19. The Balaban J connectivity index is 2.34. The molecule has 0 saturated heterocycles. The van der Waals surface area contributed by atoms with Crippen LogP contribution in [0.25, 0.3) is 0 Å². The van der Waals surface area contributed by atoms with Gasteiger partial charge < -0.3 is 14.9 Å². The van der Waals surface area contributed by atoms with Gasteiger partial charge in [-0.3, -0.25) is 4.79 Å². The Morgan fingerprint density at radius 1 is 1.53 bits per heavy atom. The van der Waals surface area contributed by atoms with Gasteiger partial charge in [-0.2, -0.15) is 0 Å². The van der Waals surface area contributed by atoms with E-state index in [2.05, 4.69) is 13.0 Å². The smallest absolute Gasteiger partial charge is 0.320 e. The van der Waals surface area contributed by atoms with Crippen LogP contribution in [0, 0.1) is 0 Å². The molecule has 1 heterocycles. The van der Waals surface area contributed by atoms with Gasteiger partial charge in [0.05, 0.1) is 0 Å². The van der Waals surface area contributed by atoms with E-state index >= 15 is 0 Å².